The zero-order valence-electron chi connectivity index (χ0n) is 27.1. The maximum Gasteiger partial charge on any atom is 0.481 e. The highest BCUT2D eigenvalue weighted by atomic mass is 16.7. The van der Waals surface area contributed by atoms with Gasteiger partial charge in [-0.15, -0.1) is 0 Å². The van der Waals surface area contributed by atoms with Gasteiger partial charge in [0, 0.05) is 20.0 Å². The van der Waals surface area contributed by atoms with Crippen LogP contribution in [0.5, 0.6) is 0 Å². The number of amides is 2. The summed E-state index contributed by atoms with van der Waals surface area (Å²) in [6, 6.07) is -0.643. The van der Waals surface area contributed by atoms with Gasteiger partial charge < -0.3 is 31.0 Å². The van der Waals surface area contributed by atoms with Gasteiger partial charge in [-0.3, -0.25) is 14.6 Å². The summed E-state index contributed by atoms with van der Waals surface area (Å²) in [5, 5.41) is 9.33. The van der Waals surface area contributed by atoms with E-state index in [0.29, 0.717) is 55.4 Å². The van der Waals surface area contributed by atoms with E-state index in [1.54, 1.807) is 7.05 Å². The second-order valence-corrected chi connectivity index (χ2v) is 14.2. The van der Waals surface area contributed by atoms with Gasteiger partial charge in [0.05, 0.1) is 17.6 Å². The van der Waals surface area contributed by atoms with Crippen molar-refractivity contribution in [2.75, 3.05) is 13.6 Å². The first-order valence-electron chi connectivity index (χ1n) is 16.2. The molecule has 0 radical (unpaired) electrons. The fourth-order valence-electron chi connectivity index (χ4n) is 7.31. The predicted octanol–water partition coefficient (Wildman–Crippen LogP) is 4.19. The van der Waals surface area contributed by atoms with Crippen LogP contribution in [0.1, 0.15) is 113 Å². The van der Waals surface area contributed by atoms with Crippen LogP contribution in [-0.2, 0) is 18.9 Å². The molecule has 1 aliphatic heterocycles. The molecule has 5 N–H and O–H groups in total. The molecule has 1 unspecified atom stereocenters. The summed E-state index contributed by atoms with van der Waals surface area (Å²) in [6.07, 6.45) is 8.82. The first-order valence-corrected chi connectivity index (χ1v) is 16.2. The molecule has 9 nitrogen and oxygen atoms in total. The molecule has 4 rings (SSSR count). The lowest BCUT2D eigenvalue weighted by atomic mass is 9.43. The Morgan fingerprint density at radius 1 is 1.07 bits per heavy atom. The summed E-state index contributed by atoms with van der Waals surface area (Å²) in [5.74, 6) is 1.75. The predicted molar refractivity (Wildman–Crippen MR) is 166 cm³/mol. The third kappa shape index (κ3) is 8.40. The summed E-state index contributed by atoms with van der Waals surface area (Å²) in [4.78, 5) is 30.6. The Morgan fingerprint density at radius 2 is 1.80 bits per heavy atom. The Bertz CT molecular complexity index is 915. The topological polar surface area (TPSA) is 127 Å². The number of carbonyl (C=O) groups is 2. The molecule has 4 fully saturated rings. The minimum absolute atomic E-state index is 0.0535. The summed E-state index contributed by atoms with van der Waals surface area (Å²) < 4.78 is 13.3. The molecule has 1 heterocycles. The molecule has 0 aromatic heterocycles. The van der Waals surface area contributed by atoms with E-state index in [1.165, 1.54) is 12.8 Å². The number of nitrogens with one attached hydrogen (secondary N) is 3. The van der Waals surface area contributed by atoms with Crippen molar-refractivity contribution in [3.63, 3.8) is 0 Å². The average Bonchev–Trinajstić information content (AvgIpc) is 3.28. The Hall–Kier alpha value is -1.81. The van der Waals surface area contributed by atoms with E-state index in [4.69, 9.17) is 15.0 Å². The molecule has 0 aromatic carbocycles. The molecule has 3 saturated carbocycles. The Morgan fingerprint density at radius 3 is 2.44 bits per heavy atom. The van der Waals surface area contributed by atoms with Crippen molar-refractivity contribution in [2.45, 2.75) is 136 Å². The van der Waals surface area contributed by atoms with Gasteiger partial charge in [0.25, 0.3) is 0 Å². The van der Waals surface area contributed by atoms with E-state index < -0.39 is 13.2 Å². The Kier molecular flexibility index (Phi) is 12.0. The van der Waals surface area contributed by atoms with Gasteiger partial charge in [-0.1, -0.05) is 60.8 Å². The third-order valence-electron chi connectivity index (χ3n) is 10.1. The number of hydrogen-bond donors (Lipinski definition) is 4. The van der Waals surface area contributed by atoms with Crippen LogP contribution < -0.4 is 21.7 Å². The quantitative estimate of drug-likeness (QED) is 0.0946. The van der Waals surface area contributed by atoms with E-state index >= 15 is 0 Å². The van der Waals surface area contributed by atoms with E-state index in [2.05, 4.69) is 69.4 Å². The molecule has 234 valence electrons. The van der Waals surface area contributed by atoms with Crippen LogP contribution in [0.15, 0.2) is 4.99 Å². The average molecular weight is 576 g/mol. The van der Waals surface area contributed by atoms with Crippen molar-refractivity contribution in [2.24, 2.45) is 39.8 Å². The van der Waals surface area contributed by atoms with Crippen molar-refractivity contribution in [1.29, 1.82) is 0 Å². The summed E-state index contributed by atoms with van der Waals surface area (Å²) in [6.45, 7) is 16.1. The largest absolute Gasteiger partial charge is 0.481 e. The summed E-state index contributed by atoms with van der Waals surface area (Å²) in [5.41, 5.74) is 5.68. The highest BCUT2D eigenvalue weighted by molar-refractivity contribution is 6.48. The zero-order chi connectivity index (χ0) is 30.4. The van der Waals surface area contributed by atoms with Gasteiger partial charge >= 0.3 is 7.12 Å². The van der Waals surface area contributed by atoms with E-state index in [-0.39, 0.29) is 34.9 Å². The highest BCUT2D eigenvalue weighted by Crippen LogP contribution is 2.65. The second-order valence-electron chi connectivity index (χ2n) is 14.2. The maximum absolute atomic E-state index is 13.8. The number of unbranched alkanes of at least 4 members (excludes halogenated alkanes) is 1. The standard InChI is InChI=1S/C31H58BN5O4/c1-9-10-12-21(4)14-15-27(38)36-23(13-11-16-35-29(33)34-8)28(39)37-26(17-20(2)3)32-40-25-19-22-18-24(30(22,5)6)31(25,7)41-32/h20-26H,9-19H2,1-8H3,(H,36,38)(H,37,39)(H3,33,34,35)/t21?,22-,23-,24-,25+,26-,31-/m0/s1. The molecule has 41 heavy (non-hydrogen) atoms. The van der Waals surface area contributed by atoms with Gasteiger partial charge in [0.15, 0.2) is 5.96 Å². The minimum atomic E-state index is -0.643. The van der Waals surface area contributed by atoms with Crippen molar-refractivity contribution in [3.05, 3.63) is 0 Å². The van der Waals surface area contributed by atoms with Crippen LogP contribution in [0.4, 0.5) is 0 Å². The van der Waals surface area contributed by atoms with Gasteiger partial charge in [0.2, 0.25) is 11.8 Å². The van der Waals surface area contributed by atoms with Gasteiger partial charge in [-0.25, -0.2) is 0 Å². The fourth-order valence-corrected chi connectivity index (χ4v) is 7.31. The van der Waals surface area contributed by atoms with Crippen molar-refractivity contribution < 1.29 is 18.9 Å². The van der Waals surface area contributed by atoms with Crippen LogP contribution >= 0.6 is 0 Å². The molecule has 4 aliphatic rings. The number of hydrogen-bond acceptors (Lipinski definition) is 5. The molecule has 7 atom stereocenters. The van der Waals surface area contributed by atoms with Crippen LogP contribution in [0.2, 0.25) is 0 Å². The van der Waals surface area contributed by atoms with E-state index in [0.717, 1.165) is 32.1 Å². The smallest absolute Gasteiger partial charge is 0.404 e. The van der Waals surface area contributed by atoms with E-state index in [9.17, 15) is 9.59 Å². The molecule has 3 aliphatic carbocycles. The summed E-state index contributed by atoms with van der Waals surface area (Å²) >= 11 is 0. The first-order chi connectivity index (χ1) is 19.3. The van der Waals surface area contributed by atoms with Crippen molar-refractivity contribution in [3.8, 4) is 0 Å². The SMILES string of the molecule is CCCCC(C)CCC(=O)N[C@@H](CCCNC(N)=NC)C(=O)N[C@@H](CC(C)C)B1O[C@@H]2C[C@@H]3C[C@@H](C3(C)C)[C@]2(C)O1. The Balaban J connectivity index is 1.66. The van der Waals surface area contributed by atoms with Gasteiger partial charge in [-0.05, 0) is 74.5 Å². The normalized spacial score (nSPS) is 28.9. The number of carbonyl (C=O) groups excluding carboxylic acids is 2. The van der Waals surface area contributed by atoms with Crippen molar-refractivity contribution >= 4 is 24.9 Å². The van der Waals surface area contributed by atoms with Crippen molar-refractivity contribution in [1.82, 2.24) is 16.0 Å². The number of rotatable bonds is 16. The zero-order valence-corrected chi connectivity index (χ0v) is 27.1. The molecular formula is C31H58BN5O4. The molecule has 0 spiro atoms. The van der Waals surface area contributed by atoms with Crippen LogP contribution in [-0.4, -0.2) is 62.2 Å². The van der Waals surface area contributed by atoms with Gasteiger partial charge in [-0.2, -0.15) is 0 Å². The third-order valence-corrected chi connectivity index (χ3v) is 10.1. The lowest BCUT2D eigenvalue weighted by Gasteiger charge is -2.64. The van der Waals surface area contributed by atoms with Crippen LogP contribution in [0.3, 0.4) is 0 Å². The lowest BCUT2D eigenvalue weighted by molar-refractivity contribution is -0.199. The second kappa shape index (κ2) is 14.6. The number of aliphatic imine (C=N–C) groups is 1. The number of guanidine groups is 1. The van der Waals surface area contributed by atoms with Gasteiger partial charge in [0.1, 0.15) is 6.04 Å². The minimum Gasteiger partial charge on any atom is -0.404 e. The highest BCUT2D eigenvalue weighted by Gasteiger charge is 2.68. The number of nitrogens with zero attached hydrogens (tertiary/aromatic N) is 1. The molecular weight excluding hydrogens is 517 g/mol. The van der Waals surface area contributed by atoms with Crippen LogP contribution in [0.25, 0.3) is 0 Å². The fraction of sp³-hybridized carbons (Fsp3) is 0.903. The molecule has 10 heteroatoms. The molecule has 2 amide bonds. The first kappa shape index (κ1) is 33.7. The molecule has 1 saturated heterocycles. The lowest BCUT2D eigenvalue weighted by Crippen LogP contribution is -2.65. The van der Waals surface area contributed by atoms with Crippen LogP contribution in [0, 0.1) is 29.1 Å². The Labute approximate surface area is 249 Å². The molecule has 0 aromatic rings. The van der Waals surface area contributed by atoms with E-state index in [1.807, 2.05) is 0 Å². The summed E-state index contributed by atoms with van der Waals surface area (Å²) in [7, 11) is 1.13. The monoisotopic (exact) mass is 575 g/mol. The number of nitrogens with two attached hydrogens (primary N) is 1. The molecule has 2 bridgehead atoms. The maximum atomic E-state index is 13.8.